The summed E-state index contributed by atoms with van der Waals surface area (Å²) in [6.07, 6.45) is 6.82. The van der Waals surface area contributed by atoms with Gasteiger partial charge in [-0.25, -0.2) is 0 Å². The summed E-state index contributed by atoms with van der Waals surface area (Å²) in [6.45, 7) is 8.59. The topological polar surface area (TPSA) is 79.3 Å². The molecule has 0 aromatic heterocycles. The number of benzene rings is 3. The van der Waals surface area contributed by atoms with Crippen LogP contribution in [0.25, 0.3) is 0 Å². The maximum atomic E-state index is 13.9. The number of carbonyl (C=O) groups excluding carboxylic acids is 2. The van der Waals surface area contributed by atoms with Gasteiger partial charge in [0, 0.05) is 31.7 Å². The van der Waals surface area contributed by atoms with Crippen LogP contribution in [0.15, 0.2) is 78.9 Å². The number of anilines is 1. The highest BCUT2D eigenvalue weighted by Gasteiger charge is 2.51. The molecule has 2 heterocycles. The summed E-state index contributed by atoms with van der Waals surface area (Å²) in [5.74, 6) is 1.35. The van der Waals surface area contributed by atoms with E-state index in [-0.39, 0.29) is 42.1 Å². The number of hydrogen-bond acceptors (Lipinski definition) is 5. The van der Waals surface area contributed by atoms with Gasteiger partial charge in [-0.2, -0.15) is 0 Å². The van der Waals surface area contributed by atoms with Crippen LogP contribution in [0.4, 0.5) is 5.69 Å². The van der Waals surface area contributed by atoms with Crippen LogP contribution in [0, 0.1) is 5.92 Å². The van der Waals surface area contributed by atoms with Gasteiger partial charge in [0.05, 0.1) is 40.4 Å². The number of ether oxygens (including phenoxy) is 2. The van der Waals surface area contributed by atoms with Gasteiger partial charge in [-0.1, -0.05) is 92.6 Å². The summed E-state index contributed by atoms with van der Waals surface area (Å²) in [5, 5.41) is 11.2. The van der Waals surface area contributed by atoms with Gasteiger partial charge in [0.15, 0.2) is 0 Å². The van der Waals surface area contributed by atoms with Gasteiger partial charge in [-0.05, 0) is 72.5 Å². The van der Waals surface area contributed by atoms with Gasteiger partial charge in [-0.3, -0.25) is 9.59 Å². The zero-order valence-corrected chi connectivity index (χ0v) is 30.3. The van der Waals surface area contributed by atoms with Gasteiger partial charge >= 0.3 is 0 Å². The third kappa shape index (κ3) is 8.76. The van der Waals surface area contributed by atoms with Crippen molar-refractivity contribution in [3.05, 3.63) is 90.0 Å². The molecule has 0 unspecified atom stereocenters. The number of aryl methyl sites for hydroxylation is 1. The monoisotopic (exact) mass is 670 g/mol. The second-order valence-corrected chi connectivity index (χ2v) is 18.9. The summed E-state index contributed by atoms with van der Waals surface area (Å²) in [7, 11) is -0.444. The summed E-state index contributed by atoms with van der Waals surface area (Å²) in [4.78, 5) is 30.4. The highest BCUT2D eigenvalue weighted by atomic mass is 28.3. The normalized spacial score (nSPS) is 21.9. The Morgan fingerprint density at radius 2 is 1.65 bits per heavy atom. The highest BCUT2D eigenvalue weighted by Crippen LogP contribution is 2.46. The lowest BCUT2D eigenvalue weighted by atomic mass is 9.95. The number of methoxy groups -OCH3 is 1. The average molecular weight is 671 g/mol. The van der Waals surface area contributed by atoms with Crippen molar-refractivity contribution in [1.29, 1.82) is 0 Å². The quantitative estimate of drug-likeness (QED) is 0.204. The maximum Gasteiger partial charge on any atom is 0.226 e. The molecule has 3 aromatic carbocycles. The molecule has 0 aliphatic carbocycles. The first-order chi connectivity index (χ1) is 23.2. The van der Waals surface area contributed by atoms with E-state index in [1.807, 2.05) is 47.4 Å². The van der Waals surface area contributed by atoms with Gasteiger partial charge in [0.25, 0.3) is 0 Å². The van der Waals surface area contributed by atoms with Crippen LogP contribution in [-0.2, 0) is 27.3 Å². The number of aliphatic hydroxyl groups excluding tert-OH is 1. The molecule has 2 aliphatic heterocycles. The molecule has 2 amide bonds. The van der Waals surface area contributed by atoms with Gasteiger partial charge in [0.2, 0.25) is 11.8 Å². The van der Waals surface area contributed by atoms with Crippen molar-refractivity contribution in [1.82, 2.24) is 4.90 Å². The third-order valence-electron chi connectivity index (χ3n) is 10.7. The third-order valence-corrected chi connectivity index (χ3v) is 15.1. The summed E-state index contributed by atoms with van der Waals surface area (Å²) in [5.41, 5.74) is 3.50. The molecule has 2 fully saturated rings. The number of rotatable bonds is 13. The molecule has 258 valence electrons. The van der Waals surface area contributed by atoms with E-state index in [0.29, 0.717) is 25.9 Å². The molecule has 48 heavy (non-hydrogen) atoms. The van der Waals surface area contributed by atoms with E-state index in [1.165, 1.54) is 17.2 Å². The van der Waals surface area contributed by atoms with Crippen molar-refractivity contribution in [3.63, 3.8) is 0 Å². The molecule has 0 radical (unpaired) electrons. The van der Waals surface area contributed by atoms with E-state index in [4.69, 9.17) is 9.47 Å². The van der Waals surface area contributed by atoms with E-state index in [2.05, 4.69) is 56.4 Å². The summed E-state index contributed by atoms with van der Waals surface area (Å²) in [6, 6.07) is 26.9. The largest absolute Gasteiger partial charge is 0.497 e. The predicted octanol–water partition coefficient (Wildman–Crippen LogP) is 6.73. The van der Waals surface area contributed by atoms with Crippen LogP contribution in [0.2, 0.25) is 18.6 Å². The van der Waals surface area contributed by atoms with Gasteiger partial charge in [-0.15, -0.1) is 0 Å². The fourth-order valence-electron chi connectivity index (χ4n) is 7.95. The van der Waals surface area contributed by atoms with E-state index < -0.39 is 8.07 Å². The molecule has 0 saturated carbocycles. The average Bonchev–Trinajstić information content (AvgIpc) is 3.41. The van der Waals surface area contributed by atoms with Crippen LogP contribution in [0.1, 0.15) is 63.0 Å². The Morgan fingerprint density at radius 1 is 0.938 bits per heavy atom. The zero-order valence-electron chi connectivity index (χ0n) is 29.3. The lowest BCUT2D eigenvalue weighted by Gasteiger charge is -2.36. The van der Waals surface area contributed by atoms with E-state index in [9.17, 15) is 14.7 Å². The fraction of sp³-hybridized carbons (Fsp3) is 0.500. The molecule has 2 aliphatic rings. The van der Waals surface area contributed by atoms with E-state index in [1.54, 1.807) is 12.0 Å². The SMILES string of the molecule is COc1ccc([Si](C)(C)[C@H]2[C@H](C)[C@H](CCc3ccc(N4CCCCCCC4=O)cc3)O[C@@H]2CC(=O)N(CCO)Cc2ccccc2)cc1. The number of amides is 2. The van der Waals surface area contributed by atoms with E-state index in [0.717, 1.165) is 55.6 Å². The Labute approximate surface area is 288 Å². The number of nitrogens with zero attached hydrogens (tertiary/aromatic N) is 2. The van der Waals surface area contributed by atoms with Crippen LogP contribution < -0.4 is 14.8 Å². The predicted molar refractivity (Wildman–Crippen MR) is 195 cm³/mol. The summed E-state index contributed by atoms with van der Waals surface area (Å²) >= 11 is 0. The van der Waals surface area contributed by atoms with Crippen LogP contribution in [-0.4, -0.2) is 68.9 Å². The second-order valence-electron chi connectivity index (χ2n) is 14.2. The molecule has 7 nitrogen and oxygen atoms in total. The van der Waals surface area contributed by atoms with Crippen molar-refractivity contribution in [3.8, 4) is 5.75 Å². The number of aliphatic hydroxyl groups is 1. The Hall–Kier alpha value is -3.46. The zero-order chi connectivity index (χ0) is 34.1. The van der Waals surface area contributed by atoms with Gasteiger partial charge in [0.1, 0.15) is 5.75 Å². The molecule has 1 N–H and O–H groups in total. The van der Waals surface area contributed by atoms with Crippen LogP contribution in [0.3, 0.4) is 0 Å². The maximum absolute atomic E-state index is 13.9. The lowest BCUT2D eigenvalue weighted by molar-refractivity contribution is -0.135. The molecule has 2 saturated heterocycles. The number of carbonyl (C=O) groups is 2. The van der Waals surface area contributed by atoms with Crippen molar-refractivity contribution in [2.24, 2.45) is 5.92 Å². The minimum atomic E-state index is -2.13. The van der Waals surface area contributed by atoms with Gasteiger partial charge < -0.3 is 24.4 Å². The van der Waals surface area contributed by atoms with Crippen LogP contribution in [0.5, 0.6) is 5.75 Å². The molecule has 0 bridgehead atoms. The molecule has 5 rings (SSSR count). The lowest BCUT2D eigenvalue weighted by Crippen LogP contribution is -2.51. The Bertz CT molecular complexity index is 1460. The molecule has 8 heteroatoms. The van der Waals surface area contributed by atoms with E-state index >= 15 is 0 Å². The Kier molecular flexibility index (Phi) is 12.5. The highest BCUT2D eigenvalue weighted by molar-refractivity contribution is 6.91. The first-order valence-electron chi connectivity index (χ1n) is 17.8. The van der Waals surface area contributed by atoms with Crippen molar-refractivity contribution in [2.75, 3.05) is 31.7 Å². The smallest absolute Gasteiger partial charge is 0.226 e. The minimum absolute atomic E-state index is 0.0182. The Morgan fingerprint density at radius 3 is 2.33 bits per heavy atom. The molecule has 3 aromatic rings. The summed E-state index contributed by atoms with van der Waals surface area (Å²) < 4.78 is 12.4. The molecule has 0 spiro atoms. The molecule has 4 atom stereocenters. The van der Waals surface area contributed by atoms with Crippen molar-refractivity contribution in [2.45, 2.75) is 95.7 Å². The number of hydrogen-bond donors (Lipinski definition) is 1. The standard InChI is InChI=1S/C40H54N2O5Si/c1-30-36(24-17-31-15-18-33(19-16-31)42-25-11-6-5-10-14-38(42)44)47-37(40(30)48(3,4)35-22-20-34(46-2)21-23-35)28-39(45)41(26-27-43)29-32-12-8-7-9-13-32/h7-9,12-13,15-16,18-23,30,36-37,40,43H,5-6,10-11,14,17,24-29H2,1-4H3/t30-,36+,37-,40+/m1/s1. The molecular weight excluding hydrogens is 617 g/mol. The molecular formula is C40H54N2O5Si. The minimum Gasteiger partial charge on any atom is -0.497 e. The van der Waals surface area contributed by atoms with Crippen molar-refractivity contribution >= 4 is 30.8 Å². The van der Waals surface area contributed by atoms with Crippen LogP contribution >= 0.6 is 0 Å². The fourth-order valence-corrected chi connectivity index (χ4v) is 12.0. The second kappa shape index (κ2) is 16.8. The first kappa shape index (κ1) is 35.8. The Balaban J connectivity index is 1.32. The van der Waals surface area contributed by atoms with Crippen molar-refractivity contribution < 1.29 is 24.2 Å². The first-order valence-corrected chi connectivity index (χ1v) is 20.9.